The normalized spacial score (nSPS) is 10.8. The van der Waals surface area contributed by atoms with Crippen molar-refractivity contribution in [3.05, 3.63) is 34.9 Å². The summed E-state index contributed by atoms with van der Waals surface area (Å²) in [4.78, 5) is 13.6. The molecule has 0 atom stereocenters. The van der Waals surface area contributed by atoms with Crippen LogP contribution in [0, 0.1) is 0 Å². The summed E-state index contributed by atoms with van der Waals surface area (Å²) in [6.07, 6.45) is 1.55. The summed E-state index contributed by atoms with van der Waals surface area (Å²) in [7, 11) is 0. The summed E-state index contributed by atoms with van der Waals surface area (Å²) in [5.74, 6) is 0. The molecule has 0 aliphatic carbocycles. The first-order valence-corrected chi connectivity index (χ1v) is 4.74. The molecule has 1 aromatic rings. The Bertz CT molecular complexity index is 367. The van der Waals surface area contributed by atoms with E-state index in [0.29, 0.717) is 11.6 Å². The van der Waals surface area contributed by atoms with Crippen LogP contribution < -0.4 is 0 Å². The van der Waals surface area contributed by atoms with Gasteiger partial charge in [0.2, 0.25) is 6.08 Å². The van der Waals surface area contributed by atoms with Gasteiger partial charge in [-0.15, -0.1) is 0 Å². The minimum atomic E-state index is -0.178. The molecule has 3 heteroatoms. The fraction of sp³-hybridized carbons (Fsp3) is 0.364. The standard InChI is InChI=1S/C11H12ClNO/c1-11(2,7-13-8-14)9-4-3-5-10(12)6-9/h3-6H,7H2,1-2H3. The molecule has 14 heavy (non-hydrogen) atoms. The molecular formula is C11H12ClNO. The number of carbonyl (C=O) groups excluding carboxylic acids is 1. The van der Waals surface area contributed by atoms with Gasteiger partial charge in [-0.1, -0.05) is 37.6 Å². The first-order valence-electron chi connectivity index (χ1n) is 4.36. The lowest BCUT2D eigenvalue weighted by Gasteiger charge is -2.22. The van der Waals surface area contributed by atoms with E-state index in [9.17, 15) is 4.79 Å². The van der Waals surface area contributed by atoms with Crippen LogP contribution in [0.3, 0.4) is 0 Å². The summed E-state index contributed by atoms with van der Waals surface area (Å²) < 4.78 is 0. The highest BCUT2D eigenvalue weighted by Gasteiger charge is 2.20. The fourth-order valence-corrected chi connectivity index (χ4v) is 1.42. The molecule has 0 N–H and O–H groups in total. The lowest BCUT2D eigenvalue weighted by molar-refractivity contribution is 0.526. The van der Waals surface area contributed by atoms with Crippen LogP contribution in [0.15, 0.2) is 29.3 Å². The van der Waals surface area contributed by atoms with Crippen molar-refractivity contribution in [3.63, 3.8) is 0 Å². The van der Waals surface area contributed by atoms with E-state index in [-0.39, 0.29) is 5.41 Å². The van der Waals surface area contributed by atoms with Crippen LogP contribution in [0.5, 0.6) is 0 Å². The smallest absolute Gasteiger partial charge is 0.211 e. The first-order chi connectivity index (χ1) is 6.56. The van der Waals surface area contributed by atoms with Gasteiger partial charge in [0.05, 0.1) is 6.54 Å². The highest BCUT2D eigenvalue weighted by molar-refractivity contribution is 6.30. The molecule has 0 bridgehead atoms. The third-order valence-corrected chi connectivity index (χ3v) is 2.38. The number of isocyanates is 1. The third-order valence-electron chi connectivity index (χ3n) is 2.14. The molecule has 2 nitrogen and oxygen atoms in total. The number of rotatable bonds is 3. The molecule has 1 rings (SSSR count). The van der Waals surface area contributed by atoms with E-state index >= 15 is 0 Å². The Hall–Kier alpha value is -1.11. The maximum absolute atomic E-state index is 10.0. The molecule has 0 aromatic heterocycles. The fourth-order valence-electron chi connectivity index (χ4n) is 1.23. The number of aliphatic imine (C=N–C) groups is 1. The second kappa shape index (κ2) is 4.41. The van der Waals surface area contributed by atoms with Crippen molar-refractivity contribution in [2.75, 3.05) is 6.54 Å². The summed E-state index contributed by atoms with van der Waals surface area (Å²) in [5, 5.41) is 0.700. The molecule has 0 aliphatic heterocycles. The van der Waals surface area contributed by atoms with Crippen molar-refractivity contribution in [1.82, 2.24) is 0 Å². The molecule has 0 saturated carbocycles. The van der Waals surface area contributed by atoms with Gasteiger partial charge in [-0.3, -0.25) is 0 Å². The quantitative estimate of drug-likeness (QED) is 0.556. The lowest BCUT2D eigenvalue weighted by atomic mass is 9.85. The number of halogens is 1. The molecule has 0 saturated heterocycles. The van der Waals surface area contributed by atoms with Crippen LogP contribution in [-0.2, 0) is 10.2 Å². The zero-order valence-corrected chi connectivity index (χ0v) is 9.01. The minimum absolute atomic E-state index is 0.178. The number of hydrogen-bond donors (Lipinski definition) is 0. The van der Waals surface area contributed by atoms with Crippen molar-refractivity contribution >= 4 is 17.7 Å². The van der Waals surface area contributed by atoms with Crippen molar-refractivity contribution in [3.8, 4) is 0 Å². The number of nitrogens with zero attached hydrogens (tertiary/aromatic N) is 1. The molecule has 1 aromatic carbocycles. The van der Waals surface area contributed by atoms with Gasteiger partial charge in [-0.25, -0.2) is 9.79 Å². The van der Waals surface area contributed by atoms with Gasteiger partial charge in [0.25, 0.3) is 0 Å². The second-order valence-corrected chi connectivity index (χ2v) is 4.24. The van der Waals surface area contributed by atoms with Crippen LogP contribution in [0.1, 0.15) is 19.4 Å². The van der Waals surface area contributed by atoms with Crippen LogP contribution in [0.25, 0.3) is 0 Å². The molecule has 0 aliphatic rings. The van der Waals surface area contributed by atoms with Crippen molar-refractivity contribution < 1.29 is 4.79 Å². The Kier molecular flexibility index (Phi) is 3.45. The van der Waals surface area contributed by atoms with Crippen LogP contribution in [0.4, 0.5) is 0 Å². The minimum Gasteiger partial charge on any atom is -0.211 e. The van der Waals surface area contributed by atoms with E-state index in [2.05, 4.69) is 4.99 Å². The lowest BCUT2D eigenvalue weighted by Crippen LogP contribution is -2.20. The van der Waals surface area contributed by atoms with E-state index in [1.807, 2.05) is 38.1 Å². The van der Waals surface area contributed by atoms with Crippen LogP contribution in [0.2, 0.25) is 5.02 Å². The summed E-state index contributed by atoms with van der Waals surface area (Å²) in [6, 6.07) is 7.59. The van der Waals surface area contributed by atoms with E-state index in [0.717, 1.165) is 5.56 Å². The monoisotopic (exact) mass is 209 g/mol. The topological polar surface area (TPSA) is 29.4 Å². The van der Waals surface area contributed by atoms with Crippen molar-refractivity contribution in [2.45, 2.75) is 19.3 Å². The maximum atomic E-state index is 10.0. The van der Waals surface area contributed by atoms with E-state index < -0.39 is 0 Å². The Morgan fingerprint density at radius 1 is 1.50 bits per heavy atom. The Balaban J connectivity index is 2.96. The highest BCUT2D eigenvalue weighted by Crippen LogP contribution is 2.25. The van der Waals surface area contributed by atoms with E-state index in [1.54, 1.807) is 6.08 Å². The Labute approximate surface area is 88.6 Å². The first kappa shape index (κ1) is 11.0. The molecule has 0 fully saturated rings. The summed E-state index contributed by atoms with van der Waals surface area (Å²) in [5.41, 5.74) is 0.895. The largest absolute Gasteiger partial charge is 0.234 e. The van der Waals surface area contributed by atoms with Gasteiger partial charge in [0.15, 0.2) is 0 Å². The zero-order valence-electron chi connectivity index (χ0n) is 8.25. The van der Waals surface area contributed by atoms with Crippen LogP contribution >= 0.6 is 11.6 Å². The van der Waals surface area contributed by atoms with Gasteiger partial charge < -0.3 is 0 Å². The Morgan fingerprint density at radius 3 is 2.79 bits per heavy atom. The average molecular weight is 210 g/mol. The summed E-state index contributed by atoms with van der Waals surface area (Å²) >= 11 is 5.88. The van der Waals surface area contributed by atoms with Gasteiger partial charge in [-0.2, -0.15) is 0 Å². The van der Waals surface area contributed by atoms with Crippen LogP contribution in [-0.4, -0.2) is 12.6 Å². The van der Waals surface area contributed by atoms with E-state index in [4.69, 9.17) is 11.6 Å². The molecule has 0 spiro atoms. The maximum Gasteiger partial charge on any atom is 0.234 e. The predicted octanol–water partition coefficient (Wildman–Crippen LogP) is 2.95. The third kappa shape index (κ3) is 2.69. The van der Waals surface area contributed by atoms with Gasteiger partial charge in [0.1, 0.15) is 0 Å². The highest BCUT2D eigenvalue weighted by atomic mass is 35.5. The zero-order chi connectivity index (χ0) is 10.6. The molecule has 0 unspecified atom stereocenters. The molecule has 0 amide bonds. The number of hydrogen-bond acceptors (Lipinski definition) is 2. The summed E-state index contributed by atoms with van der Waals surface area (Å²) in [6.45, 7) is 4.45. The van der Waals surface area contributed by atoms with Gasteiger partial charge >= 0.3 is 0 Å². The second-order valence-electron chi connectivity index (χ2n) is 3.80. The Morgan fingerprint density at radius 2 is 2.21 bits per heavy atom. The van der Waals surface area contributed by atoms with Crippen molar-refractivity contribution in [1.29, 1.82) is 0 Å². The van der Waals surface area contributed by atoms with Gasteiger partial charge in [-0.05, 0) is 17.7 Å². The molecule has 0 heterocycles. The molecule has 0 radical (unpaired) electrons. The SMILES string of the molecule is CC(C)(CN=C=O)c1cccc(Cl)c1. The number of benzene rings is 1. The average Bonchev–Trinajstić information content (AvgIpc) is 2.15. The van der Waals surface area contributed by atoms with Crippen molar-refractivity contribution in [2.24, 2.45) is 4.99 Å². The van der Waals surface area contributed by atoms with Gasteiger partial charge in [0, 0.05) is 10.4 Å². The molecule has 74 valence electrons. The predicted molar refractivity (Wildman–Crippen MR) is 57.5 cm³/mol. The van der Waals surface area contributed by atoms with E-state index in [1.165, 1.54) is 0 Å². The molecular weight excluding hydrogens is 198 g/mol.